The maximum atomic E-state index is 11.9. The third-order valence-corrected chi connectivity index (χ3v) is 3.41. The van der Waals surface area contributed by atoms with Crippen LogP contribution in [0.3, 0.4) is 0 Å². The number of hydrogen-bond donors (Lipinski definition) is 2. The number of carboxylic acids is 1. The minimum absolute atomic E-state index is 0.0425. The van der Waals surface area contributed by atoms with Gasteiger partial charge in [0.15, 0.2) is 0 Å². The lowest BCUT2D eigenvalue weighted by Crippen LogP contribution is -2.31. The fourth-order valence-corrected chi connectivity index (χ4v) is 2.39. The van der Waals surface area contributed by atoms with Crippen molar-refractivity contribution in [2.75, 3.05) is 5.32 Å². The Morgan fingerprint density at radius 2 is 2.28 bits per heavy atom. The van der Waals surface area contributed by atoms with Crippen LogP contribution in [0.1, 0.15) is 30.9 Å². The summed E-state index contributed by atoms with van der Waals surface area (Å²) in [6, 6.07) is 6.00. The van der Waals surface area contributed by atoms with Crippen LogP contribution < -0.4 is 5.32 Å². The van der Waals surface area contributed by atoms with E-state index in [-0.39, 0.29) is 18.2 Å². The van der Waals surface area contributed by atoms with Crippen molar-refractivity contribution in [2.24, 2.45) is 5.92 Å². The number of carbonyl (C=O) groups is 2. The van der Waals surface area contributed by atoms with Crippen molar-refractivity contribution in [2.45, 2.75) is 32.6 Å². The van der Waals surface area contributed by atoms with Gasteiger partial charge in [-0.25, -0.2) is 0 Å². The molecule has 0 bridgehead atoms. The van der Waals surface area contributed by atoms with Gasteiger partial charge < -0.3 is 10.4 Å². The maximum absolute atomic E-state index is 11.9. The third-order valence-electron chi connectivity index (χ3n) is 3.41. The second-order valence-electron chi connectivity index (χ2n) is 4.63. The molecule has 1 unspecified atom stereocenters. The molecule has 1 atom stereocenters. The van der Waals surface area contributed by atoms with Gasteiger partial charge in [0.2, 0.25) is 5.91 Å². The first-order valence-electron chi connectivity index (χ1n) is 6.25. The number of hydrogen-bond acceptors (Lipinski definition) is 2. The van der Waals surface area contributed by atoms with Crippen LogP contribution in [0.25, 0.3) is 0 Å². The van der Waals surface area contributed by atoms with Crippen molar-refractivity contribution in [3.63, 3.8) is 0 Å². The van der Waals surface area contributed by atoms with Gasteiger partial charge in [-0.3, -0.25) is 9.59 Å². The van der Waals surface area contributed by atoms with Crippen LogP contribution in [0.5, 0.6) is 0 Å². The first kappa shape index (κ1) is 12.6. The molecule has 2 rings (SSSR count). The Balaban J connectivity index is 2.18. The zero-order chi connectivity index (χ0) is 13.1. The molecule has 4 heteroatoms. The van der Waals surface area contributed by atoms with Gasteiger partial charge in [0.25, 0.3) is 0 Å². The molecule has 1 amide bonds. The number of benzene rings is 1. The van der Waals surface area contributed by atoms with Crippen LogP contribution in [-0.2, 0) is 22.4 Å². The van der Waals surface area contributed by atoms with Gasteiger partial charge >= 0.3 is 5.97 Å². The number of anilines is 1. The summed E-state index contributed by atoms with van der Waals surface area (Å²) in [7, 11) is 0. The van der Waals surface area contributed by atoms with Gasteiger partial charge in [0.1, 0.15) is 0 Å². The zero-order valence-electron chi connectivity index (χ0n) is 10.4. The number of rotatable bonds is 4. The van der Waals surface area contributed by atoms with E-state index in [9.17, 15) is 9.59 Å². The molecule has 18 heavy (non-hydrogen) atoms. The average Bonchev–Trinajstić information content (AvgIpc) is 2.35. The number of para-hydroxylation sites is 1. The first-order valence-corrected chi connectivity index (χ1v) is 6.25. The lowest BCUT2D eigenvalue weighted by atomic mass is 9.88. The summed E-state index contributed by atoms with van der Waals surface area (Å²) in [4.78, 5) is 22.5. The number of carboxylic acid groups (broad SMARTS) is 1. The van der Waals surface area contributed by atoms with Gasteiger partial charge in [-0.2, -0.15) is 0 Å². The highest BCUT2D eigenvalue weighted by atomic mass is 16.4. The van der Waals surface area contributed by atoms with E-state index in [0.717, 1.165) is 23.2 Å². The molecule has 2 N–H and O–H groups in total. The van der Waals surface area contributed by atoms with Crippen LogP contribution in [0.15, 0.2) is 18.2 Å². The molecule has 1 aromatic carbocycles. The molecule has 0 radical (unpaired) electrons. The van der Waals surface area contributed by atoms with Gasteiger partial charge in [-0.1, -0.05) is 25.1 Å². The molecule has 1 heterocycles. The summed E-state index contributed by atoms with van der Waals surface area (Å²) in [6.07, 6.45) is 1.96. The predicted octanol–water partition coefficient (Wildman–Crippen LogP) is 2.22. The minimum atomic E-state index is -0.851. The zero-order valence-corrected chi connectivity index (χ0v) is 10.4. The SMILES string of the molecule is CCc1cccc2c1NC(=O)C(CCC(=O)O)C2. The fourth-order valence-electron chi connectivity index (χ4n) is 2.39. The summed E-state index contributed by atoms with van der Waals surface area (Å²) in [5.74, 6) is -1.12. The monoisotopic (exact) mass is 247 g/mol. The molecular weight excluding hydrogens is 230 g/mol. The Bertz CT molecular complexity index is 482. The highest BCUT2D eigenvalue weighted by Gasteiger charge is 2.27. The summed E-state index contributed by atoms with van der Waals surface area (Å²) in [5.41, 5.74) is 3.18. The number of fused-ring (bicyclic) bond motifs is 1. The average molecular weight is 247 g/mol. The van der Waals surface area contributed by atoms with E-state index in [0.29, 0.717) is 12.8 Å². The van der Waals surface area contributed by atoms with Crippen LogP contribution in [0.4, 0.5) is 5.69 Å². The van der Waals surface area contributed by atoms with Crippen LogP contribution in [0, 0.1) is 5.92 Å². The predicted molar refractivity (Wildman–Crippen MR) is 68.5 cm³/mol. The molecule has 0 aliphatic carbocycles. The minimum Gasteiger partial charge on any atom is -0.481 e. The molecule has 0 saturated carbocycles. The number of aliphatic carboxylic acids is 1. The molecule has 0 fully saturated rings. The van der Waals surface area contributed by atoms with Crippen LogP contribution >= 0.6 is 0 Å². The Hall–Kier alpha value is -1.84. The lowest BCUT2D eigenvalue weighted by molar-refractivity contribution is -0.137. The van der Waals surface area contributed by atoms with Crippen molar-refractivity contribution in [1.29, 1.82) is 0 Å². The molecule has 4 nitrogen and oxygen atoms in total. The molecule has 96 valence electrons. The van der Waals surface area contributed by atoms with Crippen LogP contribution in [0.2, 0.25) is 0 Å². The van der Waals surface area contributed by atoms with Crippen molar-refractivity contribution in [3.05, 3.63) is 29.3 Å². The van der Waals surface area contributed by atoms with Crippen molar-refractivity contribution in [3.8, 4) is 0 Å². The Labute approximate surface area is 106 Å². The number of amides is 1. The number of carbonyl (C=O) groups excluding carboxylic acids is 1. The second kappa shape index (κ2) is 5.21. The summed E-state index contributed by atoms with van der Waals surface area (Å²) < 4.78 is 0. The maximum Gasteiger partial charge on any atom is 0.303 e. The number of aryl methyl sites for hydroxylation is 1. The van der Waals surface area contributed by atoms with E-state index in [4.69, 9.17) is 5.11 Å². The van der Waals surface area contributed by atoms with Crippen molar-refractivity contribution < 1.29 is 14.7 Å². The lowest BCUT2D eigenvalue weighted by Gasteiger charge is -2.26. The van der Waals surface area contributed by atoms with E-state index in [1.54, 1.807) is 0 Å². The van der Waals surface area contributed by atoms with Gasteiger partial charge in [0, 0.05) is 18.0 Å². The van der Waals surface area contributed by atoms with E-state index in [2.05, 4.69) is 12.2 Å². The van der Waals surface area contributed by atoms with E-state index in [1.165, 1.54) is 0 Å². The first-order chi connectivity index (χ1) is 8.61. The molecule has 1 aliphatic heterocycles. The molecule has 1 aromatic rings. The molecular formula is C14H17NO3. The van der Waals surface area contributed by atoms with Crippen molar-refractivity contribution >= 4 is 17.6 Å². The summed E-state index contributed by atoms with van der Waals surface area (Å²) in [5, 5.41) is 11.6. The van der Waals surface area contributed by atoms with E-state index in [1.807, 2.05) is 18.2 Å². The molecule has 0 aromatic heterocycles. The smallest absolute Gasteiger partial charge is 0.303 e. The largest absolute Gasteiger partial charge is 0.481 e. The Morgan fingerprint density at radius 3 is 2.94 bits per heavy atom. The van der Waals surface area contributed by atoms with E-state index >= 15 is 0 Å². The fraction of sp³-hybridized carbons (Fsp3) is 0.429. The molecule has 0 spiro atoms. The third kappa shape index (κ3) is 2.53. The summed E-state index contributed by atoms with van der Waals surface area (Å²) in [6.45, 7) is 2.05. The Morgan fingerprint density at radius 1 is 1.50 bits per heavy atom. The van der Waals surface area contributed by atoms with Gasteiger partial charge in [0.05, 0.1) is 0 Å². The highest BCUT2D eigenvalue weighted by Crippen LogP contribution is 2.30. The quantitative estimate of drug-likeness (QED) is 0.857. The van der Waals surface area contributed by atoms with Gasteiger partial charge in [-0.15, -0.1) is 0 Å². The highest BCUT2D eigenvalue weighted by molar-refractivity contribution is 5.96. The summed E-state index contributed by atoms with van der Waals surface area (Å²) >= 11 is 0. The standard InChI is InChI=1S/C14H17NO3/c1-2-9-4-3-5-10-8-11(6-7-12(16)17)14(18)15-13(9)10/h3-5,11H,2,6-8H2,1H3,(H,15,18)(H,16,17). The topological polar surface area (TPSA) is 66.4 Å². The second-order valence-corrected chi connectivity index (χ2v) is 4.63. The van der Waals surface area contributed by atoms with Gasteiger partial charge in [-0.05, 0) is 30.4 Å². The Kier molecular flexibility index (Phi) is 3.65. The normalized spacial score (nSPS) is 18.1. The van der Waals surface area contributed by atoms with E-state index < -0.39 is 5.97 Å². The number of nitrogens with one attached hydrogen (secondary N) is 1. The molecule has 1 aliphatic rings. The molecule has 0 saturated heterocycles. The van der Waals surface area contributed by atoms with Crippen molar-refractivity contribution in [1.82, 2.24) is 0 Å². The van der Waals surface area contributed by atoms with Crippen LogP contribution in [-0.4, -0.2) is 17.0 Å².